The second kappa shape index (κ2) is 10.0. The molecule has 31 heavy (non-hydrogen) atoms. The van der Waals surface area contributed by atoms with Gasteiger partial charge < -0.3 is 15.6 Å². The van der Waals surface area contributed by atoms with E-state index < -0.39 is 0 Å². The lowest BCUT2D eigenvalue weighted by Gasteiger charge is -2.10. The Balaban J connectivity index is 1.99. The topological polar surface area (TPSA) is 121 Å². The molecule has 0 aliphatic carbocycles. The Hall–Kier alpha value is -3.49. The highest BCUT2D eigenvalue weighted by atomic mass is 35.5. The number of allylic oxidation sites excluding steroid dienone is 1. The van der Waals surface area contributed by atoms with Crippen LogP contribution >= 0.6 is 23.2 Å². The predicted octanol–water partition coefficient (Wildman–Crippen LogP) is 4.28. The van der Waals surface area contributed by atoms with Crippen molar-refractivity contribution in [3.63, 3.8) is 0 Å². The average Bonchev–Trinajstić information content (AvgIpc) is 3.08. The molecular formula is C22H17Cl2N5O2. The lowest BCUT2D eigenvalue weighted by molar-refractivity contribution is 0.270. The second-order valence-corrected chi connectivity index (χ2v) is 7.31. The van der Waals surface area contributed by atoms with Crippen LogP contribution in [0.3, 0.4) is 0 Å². The largest absolute Gasteiger partial charge is 0.488 e. The van der Waals surface area contributed by atoms with E-state index in [0.717, 1.165) is 5.56 Å². The molecule has 0 saturated heterocycles. The van der Waals surface area contributed by atoms with Gasteiger partial charge in [0.2, 0.25) is 0 Å². The van der Waals surface area contributed by atoms with Crippen LogP contribution in [0.5, 0.6) is 5.75 Å². The van der Waals surface area contributed by atoms with Crippen molar-refractivity contribution in [2.24, 2.45) is 0 Å². The van der Waals surface area contributed by atoms with Crippen molar-refractivity contribution >= 4 is 40.7 Å². The molecule has 0 aliphatic heterocycles. The summed E-state index contributed by atoms with van der Waals surface area (Å²) >= 11 is 12.1. The van der Waals surface area contributed by atoms with Gasteiger partial charge in [0.15, 0.2) is 0 Å². The number of anilines is 1. The Morgan fingerprint density at radius 1 is 1.16 bits per heavy atom. The fourth-order valence-electron chi connectivity index (χ4n) is 2.85. The molecule has 0 atom stereocenters. The number of hydrogen-bond acceptors (Lipinski definition) is 6. The van der Waals surface area contributed by atoms with Gasteiger partial charge in [-0.2, -0.15) is 15.6 Å². The van der Waals surface area contributed by atoms with Crippen LogP contribution in [0.2, 0.25) is 10.0 Å². The van der Waals surface area contributed by atoms with Gasteiger partial charge in [-0.05, 0) is 42.0 Å². The fourth-order valence-corrected chi connectivity index (χ4v) is 3.16. The summed E-state index contributed by atoms with van der Waals surface area (Å²) in [5, 5.41) is 33.7. The van der Waals surface area contributed by atoms with Crippen LogP contribution in [0.15, 0.2) is 42.5 Å². The molecule has 0 fully saturated rings. The molecule has 0 spiro atoms. The SMILES string of the molecule is N#CC(=Cc1cc(Cl)ccc1OCc1ccc(Cl)cc1)c1nn(CCO)c(N)c1C#N. The summed E-state index contributed by atoms with van der Waals surface area (Å²) in [7, 11) is 0. The molecular weight excluding hydrogens is 437 g/mol. The van der Waals surface area contributed by atoms with E-state index in [4.69, 9.17) is 38.8 Å². The molecule has 3 aromatic rings. The number of ether oxygens (including phenoxy) is 1. The number of nitriles is 2. The maximum Gasteiger partial charge on any atom is 0.140 e. The first-order valence-electron chi connectivity index (χ1n) is 9.13. The van der Waals surface area contributed by atoms with E-state index >= 15 is 0 Å². The smallest absolute Gasteiger partial charge is 0.140 e. The third-order valence-electron chi connectivity index (χ3n) is 4.37. The molecule has 156 valence electrons. The summed E-state index contributed by atoms with van der Waals surface area (Å²) in [6, 6.07) is 16.3. The van der Waals surface area contributed by atoms with E-state index in [1.807, 2.05) is 18.2 Å². The lowest BCUT2D eigenvalue weighted by atomic mass is 10.1. The van der Waals surface area contributed by atoms with E-state index in [1.165, 1.54) is 10.8 Å². The lowest BCUT2D eigenvalue weighted by Crippen LogP contribution is -2.07. The normalized spacial score (nSPS) is 11.1. The first-order valence-corrected chi connectivity index (χ1v) is 9.88. The summed E-state index contributed by atoms with van der Waals surface area (Å²) < 4.78 is 7.21. The van der Waals surface area contributed by atoms with Gasteiger partial charge >= 0.3 is 0 Å². The third kappa shape index (κ3) is 5.17. The quantitative estimate of drug-likeness (QED) is 0.514. The highest BCUT2D eigenvalue weighted by Crippen LogP contribution is 2.30. The van der Waals surface area contributed by atoms with Gasteiger partial charge in [-0.25, -0.2) is 4.68 Å². The first-order chi connectivity index (χ1) is 15.0. The van der Waals surface area contributed by atoms with Crippen molar-refractivity contribution in [2.75, 3.05) is 12.3 Å². The molecule has 0 bridgehead atoms. The van der Waals surface area contributed by atoms with Crippen LogP contribution in [-0.4, -0.2) is 21.5 Å². The Morgan fingerprint density at radius 2 is 1.87 bits per heavy atom. The molecule has 1 aromatic heterocycles. The molecule has 0 saturated carbocycles. The molecule has 0 aliphatic rings. The highest BCUT2D eigenvalue weighted by Gasteiger charge is 2.19. The third-order valence-corrected chi connectivity index (χ3v) is 4.86. The summed E-state index contributed by atoms with van der Waals surface area (Å²) in [5.41, 5.74) is 7.69. The predicted molar refractivity (Wildman–Crippen MR) is 119 cm³/mol. The van der Waals surface area contributed by atoms with Crippen molar-refractivity contribution in [1.82, 2.24) is 9.78 Å². The first kappa shape index (κ1) is 22.2. The zero-order valence-corrected chi connectivity index (χ0v) is 17.7. The Bertz CT molecular complexity index is 1200. The van der Waals surface area contributed by atoms with Gasteiger partial charge in [0.05, 0.1) is 18.7 Å². The standard InChI is InChI=1S/C22H17Cl2N5O2/c23-17-3-1-14(2-4-17)13-31-20-6-5-18(24)10-15(20)9-16(11-25)21-19(12-26)22(27)29(28-21)7-8-30/h1-6,9-10,30H,7-8,13,27H2. The Kier molecular flexibility index (Phi) is 7.17. The number of nitrogens with two attached hydrogens (primary N) is 1. The van der Waals surface area contributed by atoms with E-state index in [1.54, 1.807) is 30.3 Å². The van der Waals surface area contributed by atoms with Crippen LogP contribution < -0.4 is 10.5 Å². The fraction of sp³-hybridized carbons (Fsp3) is 0.136. The molecule has 2 aromatic carbocycles. The maximum atomic E-state index is 9.73. The van der Waals surface area contributed by atoms with Crippen LogP contribution in [0, 0.1) is 22.7 Å². The van der Waals surface area contributed by atoms with E-state index in [2.05, 4.69) is 11.2 Å². The number of aliphatic hydroxyl groups is 1. The molecule has 1 heterocycles. The number of nitrogens with zero attached hydrogens (tertiary/aromatic N) is 4. The van der Waals surface area contributed by atoms with Crippen LogP contribution in [-0.2, 0) is 13.2 Å². The number of aliphatic hydroxyl groups excluding tert-OH is 1. The zero-order valence-electron chi connectivity index (χ0n) is 16.2. The van der Waals surface area contributed by atoms with Crippen molar-refractivity contribution in [2.45, 2.75) is 13.2 Å². The summed E-state index contributed by atoms with van der Waals surface area (Å²) in [6.45, 7) is 0.174. The molecule has 3 rings (SSSR count). The summed E-state index contributed by atoms with van der Waals surface area (Å²) in [6.07, 6.45) is 1.54. The van der Waals surface area contributed by atoms with Gasteiger partial charge in [-0.3, -0.25) is 0 Å². The Morgan fingerprint density at radius 3 is 2.52 bits per heavy atom. The van der Waals surface area contributed by atoms with Crippen LogP contribution in [0.4, 0.5) is 5.82 Å². The molecule has 7 nitrogen and oxygen atoms in total. The average molecular weight is 454 g/mol. The number of benzene rings is 2. The van der Waals surface area contributed by atoms with Gasteiger partial charge in [-0.15, -0.1) is 0 Å². The number of nitrogen functional groups attached to an aromatic ring is 1. The number of halogens is 2. The number of hydrogen-bond donors (Lipinski definition) is 2. The molecule has 3 N–H and O–H groups in total. The van der Waals surface area contributed by atoms with Gasteiger partial charge in [0.1, 0.15) is 41.6 Å². The van der Waals surface area contributed by atoms with Gasteiger partial charge in [0.25, 0.3) is 0 Å². The van der Waals surface area contributed by atoms with Crippen molar-refractivity contribution < 1.29 is 9.84 Å². The molecule has 0 unspecified atom stereocenters. The van der Waals surface area contributed by atoms with Gasteiger partial charge in [0, 0.05) is 15.6 Å². The monoisotopic (exact) mass is 453 g/mol. The molecule has 0 amide bonds. The van der Waals surface area contributed by atoms with Crippen LogP contribution in [0.25, 0.3) is 11.6 Å². The maximum absolute atomic E-state index is 9.73. The minimum absolute atomic E-state index is 0.0620. The Labute approximate surface area is 189 Å². The van der Waals surface area contributed by atoms with E-state index in [0.29, 0.717) is 21.4 Å². The van der Waals surface area contributed by atoms with Crippen molar-refractivity contribution in [3.05, 3.63) is 74.9 Å². The van der Waals surface area contributed by atoms with Crippen molar-refractivity contribution in [3.8, 4) is 17.9 Å². The molecule has 9 heteroatoms. The summed E-state index contributed by atoms with van der Waals surface area (Å²) in [4.78, 5) is 0. The minimum atomic E-state index is -0.210. The number of aromatic nitrogens is 2. The minimum Gasteiger partial charge on any atom is -0.488 e. The van der Waals surface area contributed by atoms with E-state index in [-0.39, 0.29) is 42.4 Å². The summed E-state index contributed by atoms with van der Waals surface area (Å²) in [5.74, 6) is 0.575. The second-order valence-electron chi connectivity index (χ2n) is 6.43. The van der Waals surface area contributed by atoms with Crippen molar-refractivity contribution in [1.29, 1.82) is 10.5 Å². The van der Waals surface area contributed by atoms with E-state index in [9.17, 15) is 10.5 Å². The zero-order chi connectivity index (χ0) is 22.4. The highest BCUT2D eigenvalue weighted by molar-refractivity contribution is 6.31. The number of rotatable bonds is 7. The van der Waals surface area contributed by atoms with Crippen LogP contribution in [0.1, 0.15) is 22.4 Å². The molecule has 0 radical (unpaired) electrons. The van der Waals surface area contributed by atoms with Gasteiger partial charge in [-0.1, -0.05) is 35.3 Å².